The molecule has 1 aliphatic carbocycles. The van der Waals surface area contributed by atoms with Crippen LogP contribution in [0.15, 0.2) is 36.8 Å². The molecule has 0 radical (unpaired) electrons. The van der Waals surface area contributed by atoms with Crippen molar-refractivity contribution in [1.29, 1.82) is 0 Å². The van der Waals surface area contributed by atoms with E-state index in [0.717, 1.165) is 47.8 Å². The second-order valence-corrected chi connectivity index (χ2v) is 9.65. The monoisotopic (exact) mass is 422 g/mol. The molecule has 0 amide bonds. The van der Waals surface area contributed by atoms with Crippen LogP contribution in [0.2, 0.25) is 0 Å². The van der Waals surface area contributed by atoms with Crippen molar-refractivity contribution in [2.45, 2.75) is 50.4 Å². The fourth-order valence-corrected chi connectivity index (χ4v) is 6.07. The molecule has 156 valence electrons. The summed E-state index contributed by atoms with van der Waals surface area (Å²) in [6, 6.07) is 6.71. The van der Waals surface area contributed by atoms with Gasteiger partial charge in [-0.2, -0.15) is 0 Å². The highest BCUT2D eigenvalue weighted by atomic mass is 32.1. The van der Waals surface area contributed by atoms with Crippen molar-refractivity contribution in [3.63, 3.8) is 0 Å². The SMILES string of the molecule is CN1CCC(c2nc(-c3ccc(F)cc3)c(-c3ncncc3C3CCCC3)s2)CC1. The summed E-state index contributed by atoms with van der Waals surface area (Å²) in [5.74, 6) is 0.784. The maximum Gasteiger partial charge on any atom is 0.123 e. The van der Waals surface area contributed by atoms with Gasteiger partial charge in [0.15, 0.2) is 0 Å². The van der Waals surface area contributed by atoms with Gasteiger partial charge in [0.05, 0.1) is 21.3 Å². The molecule has 5 rings (SSSR count). The second-order valence-electron chi connectivity index (χ2n) is 8.62. The van der Waals surface area contributed by atoms with Gasteiger partial charge in [0.1, 0.15) is 12.1 Å². The summed E-state index contributed by atoms with van der Waals surface area (Å²) < 4.78 is 13.6. The first-order chi connectivity index (χ1) is 14.7. The lowest BCUT2D eigenvalue weighted by Gasteiger charge is -2.27. The molecule has 1 aromatic carbocycles. The van der Waals surface area contributed by atoms with Crippen LogP contribution in [0.4, 0.5) is 4.39 Å². The third-order valence-electron chi connectivity index (χ3n) is 6.58. The Labute approximate surface area is 181 Å². The van der Waals surface area contributed by atoms with Crippen LogP contribution in [-0.2, 0) is 0 Å². The van der Waals surface area contributed by atoms with E-state index in [4.69, 9.17) is 9.97 Å². The Hall–Kier alpha value is -2.18. The van der Waals surface area contributed by atoms with Gasteiger partial charge in [-0.3, -0.25) is 0 Å². The van der Waals surface area contributed by atoms with Crippen molar-refractivity contribution in [3.8, 4) is 21.8 Å². The van der Waals surface area contributed by atoms with Gasteiger partial charge in [-0.15, -0.1) is 11.3 Å². The minimum atomic E-state index is -0.222. The van der Waals surface area contributed by atoms with Crippen LogP contribution >= 0.6 is 11.3 Å². The number of rotatable bonds is 4. The van der Waals surface area contributed by atoms with E-state index >= 15 is 0 Å². The number of benzene rings is 1. The molecule has 2 aliphatic rings. The van der Waals surface area contributed by atoms with Crippen molar-refractivity contribution in [2.75, 3.05) is 20.1 Å². The molecule has 4 nitrogen and oxygen atoms in total. The van der Waals surface area contributed by atoms with Gasteiger partial charge in [-0.25, -0.2) is 19.3 Å². The number of piperidine rings is 1. The Balaban J connectivity index is 1.61. The van der Waals surface area contributed by atoms with Gasteiger partial charge in [-0.1, -0.05) is 12.8 Å². The van der Waals surface area contributed by atoms with Crippen LogP contribution in [0.25, 0.3) is 21.8 Å². The summed E-state index contributed by atoms with van der Waals surface area (Å²) in [6.45, 7) is 2.21. The van der Waals surface area contributed by atoms with E-state index in [9.17, 15) is 4.39 Å². The zero-order valence-electron chi connectivity index (χ0n) is 17.4. The minimum Gasteiger partial charge on any atom is -0.306 e. The van der Waals surface area contributed by atoms with E-state index < -0.39 is 0 Å². The third kappa shape index (κ3) is 3.91. The lowest BCUT2D eigenvalue weighted by Crippen LogP contribution is -2.29. The summed E-state index contributed by atoms with van der Waals surface area (Å²) in [5.41, 5.74) is 4.16. The molecule has 1 saturated heterocycles. The summed E-state index contributed by atoms with van der Waals surface area (Å²) in [6.07, 6.45) is 10.9. The number of likely N-dealkylation sites (tertiary alicyclic amines) is 1. The molecule has 1 aliphatic heterocycles. The first kappa shape index (κ1) is 19.8. The van der Waals surface area contributed by atoms with Crippen molar-refractivity contribution < 1.29 is 4.39 Å². The topological polar surface area (TPSA) is 41.9 Å². The fraction of sp³-hybridized carbons (Fsp3) is 0.458. The molecule has 0 N–H and O–H groups in total. The Morgan fingerprint density at radius 3 is 2.43 bits per heavy atom. The number of nitrogens with zero attached hydrogens (tertiary/aromatic N) is 4. The molecule has 0 spiro atoms. The molecule has 30 heavy (non-hydrogen) atoms. The number of hydrogen-bond donors (Lipinski definition) is 0. The zero-order chi connectivity index (χ0) is 20.5. The standard InChI is InChI=1S/C24H27FN4S/c1-29-12-10-18(11-13-29)24-28-21(17-6-8-19(25)9-7-17)23(30-24)22-20(14-26-15-27-22)16-4-2-3-5-16/h6-9,14-16,18H,2-5,10-13H2,1H3. The summed E-state index contributed by atoms with van der Waals surface area (Å²) >= 11 is 1.78. The number of hydrogen-bond acceptors (Lipinski definition) is 5. The van der Waals surface area contributed by atoms with E-state index in [1.165, 1.54) is 48.4 Å². The predicted molar refractivity (Wildman–Crippen MR) is 119 cm³/mol. The van der Waals surface area contributed by atoms with E-state index in [1.807, 2.05) is 18.3 Å². The van der Waals surface area contributed by atoms with Crippen LogP contribution in [0.5, 0.6) is 0 Å². The molecular formula is C24H27FN4S. The Morgan fingerprint density at radius 2 is 1.70 bits per heavy atom. The van der Waals surface area contributed by atoms with Crippen LogP contribution in [-0.4, -0.2) is 40.0 Å². The van der Waals surface area contributed by atoms with Gasteiger partial charge in [-0.05, 0) is 76.0 Å². The highest BCUT2D eigenvalue weighted by molar-refractivity contribution is 7.15. The van der Waals surface area contributed by atoms with E-state index in [1.54, 1.807) is 17.7 Å². The van der Waals surface area contributed by atoms with Crippen molar-refractivity contribution >= 4 is 11.3 Å². The lowest BCUT2D eigenvalue weighted by atomic mass is 9.95. The average Bonchev–Trinajstić information content (AvgIpc) is 3.45. The quantitative estimate of drug-likeness (QED) is 0.527. The largest absolute Gasteiger partial charge is 0.306 e. The van der Waals surface area contributed by atoms with Crippen LogP contribution < -0.4 is 0 Å². The molecule has 3 heterocycles. The first-order valence-corrected chi connectivity index (χ1v) is 11.8. The first-order valence-electron chi connectivity index (χ1n) is 10.9. The lowest BCUT2D eigenvalue weighted by molar-refractivity contribution is 0.255. The third-order valence-corrected chi connectivity index (χ3v) is 7.80. The summed E-state index contributed by atoms with van der Waals surface area (Å²) in [5, 5.41) is 1.19. The normalized spacial score (nSPS) is 18.9. The maximum atomic E-state index is 13.6. The van der Waals surface area contributed by atoms with Gasteiger partial charge < -0.3 is 4.90 Å². The molecule has 2 aromatic heterocycles. The Morgan fingerprint density at radius 1 is 0.967 bits per heavy atom. The molecule has 0 bridgehead atoms. The minimum absolute atomic E-state index is 0.222. The van der Waals surface area contributed by atoms with Crippen LogP contribution in [0.1, 0.15) is 60.9 Å². The number of thiazole rings is 1. The Kier molecular flexibility index (Phi) is 5.61. The van der Waals surface area contributed by atoms with Crippen LogP contribution in [0.3, 0.4) is 0 Å². The van der Waals surface area contributed by atoms with Gasteiger partial charge in [0.2, 0.25) is 0 Å². The van der Waals surface area contributed by atoms with Gasteiger partial charge >= 0.3 is 0 Å². The van der Waals surface area contributed by atoms with E-state index in [0.29, 0.717) is 11.8 Å². The summed E-state index contributed by atoms with van der Waals surface area (Å²) in [7, 11) is 2.18. The number of halogens is 1. The second kappa shape index (κ2) is 8.52. The van der Waals surface area contributed by atoms with E-state index in [-0.39, 0.29) is 5.82 Å². The number of aromatic nitrogens is 3. The van der Waals surface area contributed by atoms with Crippen molar-refractivity contribution in [2.24, 2.45) is 0 Å². The highest BCUT2D eigenvalue weighted by Gasteiger charge is 2.28. The van der Waals surface area contributed by atoms with Crippen LogP contribution in [0, 0.1) is 5.82 Å². The zero-order valence-corrected chi connectivity index (χ0v) is 18.2. The molecule has 0 unspecified atom stereocenters. The fourth-order valence-electron chi connectivity index (χ4n) is 4.80. The van der Waals surface area contributed by atoms with Gasteiger partial charge in [0.25, 0.3) is 0 Å². The smallest absolute Gasteiger partial charge is 0.123 e. The molecule has 3 aromatic rings. The molecule has 6 heteroatoms. The average molecular weight is 423 g/mol. The highest BCUT2D eigenvalue weighted by Crippen LogP contribution is 2.45. The molecule has 1 saturated carbocycles. The molecular weight excluding hydrogens is 395 g/mol. The maximum absolute atomic E-state index is 13.6. The molecule has 0 atom stereocenters. The van der Waals surface area contributed by atoms with Crippen molar-refractivity contribution in [1.82, 2.24) is 19.9 Å². The predicted octanol–water partition coefficient (Wildman–Crippen LogP) is 5.87. The van der Waals surface area contributed by atoms with E-state index in [2.05, 4.69) is 16.9 Å². The Bertz CT molecular complexity index is 1000. The van der Waals surface area contributed by atoms with Crippen molar-refractivity contribution in [3.05, 3.63) is 53.2 Å². The summed E-state index contributed by atoms with van der Waals surface area (Å²) in [4.78, 5) is 17.7. The van der Waals surface area contributed by atoms with Gasteiger partial charge in [0, 0.05) is 23.2 Å². The molecule has 2 fully saturated rings.